The predicted molar refractivity (Wildman–Crippen MR) is 346 cm³/mol. The number of aliphatic hydroxyl groups excluding tert-OH is 3. The van der Waals surface area contributed by atoms with Crippen LogP contribution in [0.2, 0.25) is 0 Å². The molecule has 1 heterocycles. The largest absolute Gasteiger partial charge is 0.481 e. The standard InChI is InChI=1S/C64H111N11O20/c1-15-17-18-19-20-21-39(78)27-49(79)65-40(22-32(3)4)54(83)69-45(28-50(80)81)59(88)75-53-38(14)95-51(82)29-46(64(93)94)71-62(91)52(37(13)16-2)74-58(87)44(26-36(11)12)68-61(90)48(31-77)73-57(86)42(24-34(7)8)67-60(89)47(30-76)72-56(85)41(23-33(5)6)66-55(84)43(25-35(9)10)70-63(53)92/h32-48,52-53,76-78H,15-31H2,1-14H3,(H,65,79)(H,66,84)(H,67,89)(H,68,90)(H,69,83)(H,70,92)(H,71,91)(H,72,85)(H,73,86)(H,74,87)(H,75,88)(H,80,81)(H,93,94)/t37-,38+,39-,40+,41+,42+,43+,44+,45-,46-,47+,48+,52-,53-/m0/s1. The quantitative estimate of drug-likeness (QED) is 0.0321. The lowest BCUT2D eigenvalue weighted by atomic mass is 9.96. The number of aliphatic carboxylic acids is 2. The van der Waals surface area contributed by atoms with Gasteiger partial charge in [-0.3, -0.25) is 62.3 Å². The minimum Gasteiger partial charge on any atom is -0.481 e. The Hall–Kier alpha value is -7.54. The molecule has 0 saturated carbocycles. The van der Waals surface area contributed by atoms with Crippen LogP contribution >= 0.6 is 0 Å². The lowest BCUT2D eigenvalue weighted by Crippen LogP contribution is -2.62. The third kappa shape index (κ3) is 32.6. The fourth-order valence-corrected chi connectivity index (χ4v) is 10.3. The molecule has 0 aromatic rings. The number of rotatable bonds is 30. The molecule has 1 fully saturated rings. The first-order chi connectivity index (χ1) is 44.4. The fraction of sp³-hybridized carbons (Fsp3) is 0.781. The number of unbranched alkanes of at least 4 members (excludes halogenated alkanes) is 4. The highest BCUT2D eigenvalue weighted by molar-refractivity contribution is 6.00. The number of carbonyl (C=O) groups excluding carboxylic acids is 12. The van der Waals surface area contributed by atoms with Crippen LogP contribution in [0.5, 0.6) is 0 Å². The number of cyclic esters (lactones) is 1. The van der Waals surface area contributed by atoms with Crippen molar-refractivity contribution in [1.82, 2.24) is 58.5 Å². The minimum absolute atomic E-state index is 0.0328. The molecule has 14 atom stereocenters. The van der Waals surface area contributed by atoms with E-state index in [-0.39, 0.29) is 68.6 Å². The van der Waals surface area contributed by atoms with Gasteiger partial charge in [-0.15, -0.1) is 0 Å². The average Bonchev–Trinajstić information content (AvgIpc) is 0.901. The minimum atomic E-state index is -2.15. The molecule has 0 unspecified atom stereocenters. The third-order valence-electron chi connectivity index (χ3n) is 15.6. The Morgan fingerprint density at radius 2 is 0.926 bits per heavy atom. The molecule has 1 rings (SSSR count). The molecule has 542 valence electrons. The van der Waals surface area contributed by atoms with Gasteiger partial charge in [0.1, 0.15) is 72.6 Å². The zero-order valence-corrected chi connectivity index (χ0v) is 57.9. The fourth-order valence-electron chi connectivity index (χ4n) is 10.3. The molecule has 1 saturated heterocycles. The molecule has 0 aromatic carbocycles. The van der Waals surface area contributed by atoms with Crippen molar-refractivity contribution in [2.75, 3.05) is 13.2 Å². The van der Waals surface area contributed by atoms with Crippen molar-refractivity contribution < 1.29 is 97.4 Å². The zero-order valence-electron chi connectivity index (χ0n) is 57.9. The highest BCUT2D eigenvalue weighted by Gasteiger charge is 2.41. The van der Waals surface area contributed by atoms with Crippen LogP contribution in [0.25, 0.3) is 0 Å². The SMILES string of the molecule is CCCCCCC[C@H](O)CC(=O)N[C@H](CC(C)C)C(=O)N[C@@H](CC(=O)O)C(=O)N[C@@H]1C(=O)N[C@H](CC(C)C)C(=O)N[C@H](CC(C)C)C(=O)N[C@H](CO)C(=O)N[C@H](CC(C)C)C(=O)N[C@H](CO)C(=O)N[C@H](CC(C)C)C(=O)N[C@@H]([C@@H](C)CC)C(=O)N[C@H](C(=O)O)CC(=O)O[C@@H]1C. The molecule has 0 aliphatic carbocycles. The summed E-state index contributed by atoms with van der Waals surface area (Å²) in [4.78, 5) is 195. The van der Waals surface area contributed by atoms with Gasteiger partial charge in [-0.25, -0.2) is 4.79 Å². The molecular formula is C64H111N11O20. The number of carbonyl (C=O) groups is 14. The van der Waals surface area contributed by atoms with Crippen molar-refractivity contribution in [2.45, 2.75) is 272 Å². The van der Waals surface area contributed by atoms with Gasteiger partial charge in [-0.1, -0.05) is 129 Å². The smallest absolute Gasteiger partial charge is 0.326 e. The van der Waals surface area contributed by atoms with Crippen LogP contribution in [0.3, 0.4) is 0 Å². The molecule has 11 amide bonds. The Morgan fingerprint density at radius 1 is 0.505 bits per heavy atom. The second kappa shape index (κ2) is 43.5. The van der Waals surface area contributed by atoms with Crippen molar-refractivity contribution >= 4 is 82.9 Å². The molecule has 95 heavy (non-hydrogen) atoms. The summed E-state index contributed by atoms with van der Waals surface area (Å²) in [7, 11) is 0. The van der Waals surface area contributed by atoms with E-state index in [0.717, 1.165) is 32.6 Å². The van der Waals surface area contributed by atoms with Crippen LogP contribution in [0, 0.1) is 35.5 Å². The first-order valence-corrected chi connectivity index (χ1v) is 33.2. The van der Waals surface area contributed by atoms with E-state index in [4.69, 9.17) is 4.74 Å². The first-order valence-electron chi connectivity index (χ1n) is 33.2. The van der Waals surface area contributed by atoms with E-state index >= 15 is 0 Å². The molecule has 0 bridgehead atoms. The van der Waals surface area contributed by atoms with Gasteiger partial charge in [0.05, 0.1) is 38.6 Å². The van der Waals surface area contributed by atoms with E-state index in [0.29, 0.717) is 12.8 Å². The summed E-state index contributed by atoms with van der Waals surface area (Å²) in [5.74, 6) is -19.1. The number of ether oxygens (including phenoxy) is 1. The third-order valence-corrected chi connectivity index (χ3v) is 15.6. The molecule has 31 heteroatoms. The predicted octanol–water partition coefficient (Wildman–Crippen LogP) is -0.413. The number of hydrogen-bond donors (Lipinski definition) is 16. The van der Waals surface area contributed by atoms with E-state index in [9.17, 15) is 92.7 Å². The number of amides is 11. The van der Waals surface area contributed by atoms with Gasteiger partial charge in [-0.05, 0) is 81.0 Å². The van der Waals surface area contributed by atoms with Crippen LogP contribution in [0.1, 0.15) is 193 Å². The molecule has 31 nitrogen and oxygen atoms in total. The van der Waals surface area contributed by atoms with Crippen LogP contribution < -0.4 is 58.5 Å². The van der Waals surface area contributed by atoms with Gasteiger partial charge in [0.25, 0.3) is 0 Å². The summed E-state index contributed by atoms with van der Waals surface area (Å²) >= 11 is 0. The molecule has 1 aliphatic heterocycles. The molecule has 16 N–H and O–H groups in total. The Kier molecular flexibility index (Phi) is 39.2. The second-order valence-corrected chi connectivity index (χ2v) is 26.9. The van der Waals surface area contributed by atoms with Crippen molar-refractivity contribution in [3.63, 3.8) is 0 Å². The van der Waals surface area contributed by atoms with Crippen LogP contribution in [-0.4, -0.2) is 200 Å². The first kappa shape index (κ1) is 85.5. The Morgan fingerprint density at radius 3 is 1.33 bits per heavy atom. The summed E-state index contributed by atoms with van der Waals surface area (Å²) in [5.41, 5.74) is 0. The van der Waals surface area contributed by atoms with Gasteiger partial charge in [0, 0.05) is 0 Å². The van der Waals surface area contributed by atoms with E-state index in [1.54, 1.807) is 76.2 Å². The summed E-state index contributed by atoms with van der Waals surface area (Å²) in [6.07, 6.45) is -1.22. The maximum Gasteiger partial charge on any atom is 0.326 e. The second-order valence-electron chi connectivity index (χ2n) is 26.9. The highest BCUT2D eigenvalue weighted by atomic mass is 16.5. The lowest BCUT2D eigenvalue weighted by Gasteiger charge is -2.30. The average molecular weight is 1350 g/mol. The number of hydrogen-bond acceptors (Lipinski definition) is 18. The molecule has 0 radical (unpaired) electrons. The Bertz CT molecular complexity index is 2570. The van der Waals surface area contributed by atoms with E-state index in [2.05, 4.69) is 65.4 Å². The zero-order chi connectivity index (χ0) is 72.6. The van der Waals surface area contributed by atoms with E-state index in [1.165, 1.54) is 6.92 Å². The number of carboxylic acid groups (broad SMARTS) is 2. The molecule has 0 aromatic heterocycles. The van der Waals surface area contributed by atoms with Crippen molar-refractivity contribution in [3.8, 4) is 0 Å². The number of esters is 1. The summed E-state index contributed by atoms with van der Waals surface area (Å²) < 4.78 is 5.59. The lowest BCUT2D eigenvalue weighted by molar-refractivity contribution is -0.156. The van der Waals surface area contributed by atoms with Gasteiger partial charge in [-0.2, -0.15) is 0 Å². The molecular weight excluding hydrogens is 1240 g/mol. The van der Waals surface area contributed by atoms with Crippen molar-refractivity contribution in [2.24, 2.45) is 35.5 Å². The van der Waals surface area contributed by atoms with Crippen molar-refractivity contribution in [3.05, 3.63) is 0 Å². The number of aliphatic hydroxyl groups is 3. The van der Waals surface area contributed by atoms with Crippen LogP contribution in [0.15, 0.2) is 0 Å². The van der Waals surface area contributed by atoms with E-state index < -0.39 is 199 Å². The summed E-state index contributed by atoms with van der Waals surface area (Å²) in [5, 5.41) is 78.7. The molecule has 1 aliphatic rings. The molecule has 0 spiro atoms. The Labute approximate surface area is 557 Å². The number of nitrogens with one attached hydrogen (secondary N) is 11. The Balaban J connectivity index is 4.21. The normalized spacial score (nSPS) is 24.3. The number of carboxylic acids is 2. The topological polar surface area (TPSA) is 482 Å². The van der Waals surface area contributed by atoms with Gasteiger partial charge >= 0.3 is 17.9 Å². The summed E-state index contributed by atoms with van der Waals surface area (Å²) in [6.45, 7) is 21.2. The highest BCUT2D eigenvalue weighted by Crippen LogP contribution is 2.17. The monoisotopic (exact) mass is 1350 g/mol. The van der Waals surface area contributed by atoms with E-state index in [1.807, 2.05) is 0 Å². The van der Waals surface area contributed by atoms with Crippen LogP contribution in [0.4, 0.5) is 0 Å². The maximum absolute atomic E-state index is 14.8. The van der Waals surface area contributed by atoms with Gasteiger partial charge in [0.2, 0.25) is 65.0 Å². The van der Waals surface area contributed by atoms with Gasteiger partial charge < -0.3 is 88.8 Å². The maximum atomic E-state index is 14.8. The van der Waals surface area contributed by atoms with Crippen LogP contribution in [-0.2, 0) is 71.9 Å². The summed E-state index contributed by atoms with van der Waals surface area (Å²) in [6, 6.07) is -18.9. The van der Waals surface area contributed by atoms with Crippen molar-refractivity contribution in [1.29, 1.82) is 0 Å². The van der Waals surface area contributed by atoms with Gasteiger partial charge in [0.15, 0.2) is 0 Å².